The van der Waals surface area contributed by atoms with Crippen LogP contribution in [0.3, 0.4) is 0 Å². The van der Waals surface area contributed by atoms with Crippen LogP contribution >= 0.6 is 28.1 Å². The highest BCUT2D eigenvalue weighted by molar-refractivity contribution is 9.10. The third-order valence-corrected chi connectivity index (χ3v) is 7.53. The number of ether oxygens (including phenoxy) is 1. The number of pyridine rings is 1. The first-order valence-electron chi connectivity index (χ1n) is 11.4. The Morgan fingerprint density at radius 3 is 2.66 bits per heavy atom. The lowest BCUT2D eigenvalue weighted by atomic mass is 10.0. The highest BCUT2D eigenvalue weighted by Crippen LogP contribution is 2.45. The lowest BCUT2D eigenvalue weighted by molar-refractivity contribution is 0.416. The highest BCUT2D eigenvalue weighted by atomic mass is 79.9. The summed E-state index contributed by atoms with van der Waals surface area (Å²) < 4.78 is 52.1. The van der Waals surface area contributed by atoms with Crippen molar-refractivity contribution in [1.82, 2.24) is 10.3 Å². The minimum absolute atomic E-state index is 0.302. The second kappa shape index (κ2) is 10.4. The number of anilines is 2. The summed E-state index contributed by atoms with van der Waals surface area (Å²) in [6, 6.07) is 17.9. The van der Waals surface area contributed by atoms with Gasteiger partial charge in [0.1, 0.15) is 29.1 Å². The molecule has 0 radical (unpaired) electrons. The largest absolute Gasteiger partial charge is 0.494 e. The molecule has 4 aromatic rings. The van der Waals surface area contributed by atoms with Gasteiger partial charge in [0.2, 0.25) is 10.0 Å². The predicted molar refractivity (Wildman–Crippen MR) is 151 cm³/mol. The average Bonchev–Trinajstić information content (AvgIpc) is 3.48. The average molecular weight is 618 g/mol. The topological polar surface area (TPSA) is 96.7 Å². The lowest BCUT2D eigenvalue weighted by Crippen LogP contribution is -2.29. The maximum atomic E-state index is 13.7. The maximum Gasteiger partial charge on any atom is 0.229 e. The molecule has 2 aromatic carbocycles. The van der Waals surface area contributed by atoms with Crippen LogP contribution in [-0.4, -0.2) is 31.9 Å². The van der Waals surface area contributed by atoms with Crippen molar-refractivity contribution in [3.05, 3.63) is 94.7 Å². The number of aromatic nitrogens is 1. The molecule has 2 N–H and O–H groups in total. The Morgan fingerprint density at radius 2 is 1.97 bits per heavy atom. The minimum atomic E-state index is -3.51. The van der Waals surface area contributed by atoms with E-state index >= 15 is 0 Å². The van der Waals surface area contributed by atoms with E-state index in [9.17, 15) is 12.8 Å². The summed E-state index contributed by atoms with van der Waals surface area (Å²) in [6.07, 6.45) is 2.78. The fourth-order valence-electron chi connectivity index (χ4n) is 4.38. The summed E-state index contributed by atoms with van der Waals surface area (Å²) >= 11 is 9.17. The number of hydrogen-bond donors (Lipinski definition) is 2. The number of rotatable bonds is 7. The molecule has 1 aliphatic rings. The fraction of sp³-hybridized carbons (Fsp3) is 0.154. The summed E-state index contributed by atoms with van der Waals surface area (Å²) in [4.78, 5) is 6.41. The van der Waals surface area contributed by atoms with Crippen LogP contribution in [0.25, 0.3) is 11.3 Å². The SMILES string of the molecule is COc1cc(N2C(=S)N[C@H](c3ccccn3)[C@H]2c2ccc(-c3ccc(F)cc3Br)o2)ccc1NS(C)(=O)=O. The zero-order chi connectivity index (χ0) is 27.0. The van der Waals surface area contributed by atoms with E-state index in [0.717, 1.165) is 11.9 Å². The smallest absolute Gasteiger partial charge is 0.229 e. The Hall–Kier alpha value is -3.48. The number of hydrogen-bond acceptors (Lipinski definition) is 6. The van der Waals surface area contributed by atoms with Crippen LogP contribution in [0.15, 0.2) is 81.8 Å². The van der Waals surface area contributed by atoms with Crippen molar-refractivity contribution >= 4 is 54.7 Å². The molecule has 0 aliphatic carbocycles. The Labute approximate surface area is 233 Å². The molecule has 1 fully saturated rings. The lowest BCUT2D eigenvalue weighted by Gasteiger charge is -2.27. The van der Waals surface area contributed by atoms with E-state index in [0.29, 0.717) is 43.8 Å². The molecular formula is C26H22BrFN4O4S2. The zero-order valence-electron chi connectivity index (χ0n) is 20.2. The molecule has 8 nitrogen and oxygen atoms in total. The van der Waals surface area contributed by atoms with Crippen LogP contribution < -0.4 is 19.7 Å². The molecule has 0 unspecified atom stereocenters. The van der Waals surface area contributed by atoms with Crippen LogP contribution in [0.2, 0.25) is 0 Å². The molecule has 0 amide bonds. The number of halogens is 2. The van der Waals surface area contributed by atoms with Gasteiger partial charge in [-0.2, -0.15) is 0 Å². The van der Waals surface area contributed by atoms with Gasteiger partial charge in [-0.25, -0.2) is 12.8 Å². The van der Waals surface area contributed by atoms with Crippen LogP contribution in [0.5, 0.6) is 5.75 Å². The number of benzene rings is 2. The van der Waals surface area contributed by atoms with Crippen molar-refractivity contribution in [3.63, 3.8) is 0 Å². The van der Waals surface area contributed by atoms with Gasteiger partial charge in [-0.1, -0.05) is 6.07 Å². The summed E-state index contributed by atoms with van der Waals surface area (Å²) in [7, 11) is -2.05. The molecular weight excluding hydrogens is 595 g/mol. The monoisotopic (exact) mass is 616 g/mol. The quantitative estimate of drug-likeness (QED) is 0.251. The second-order valence-electron chi connectivity index (χ2n) is 8.58. The summed E-state index contributed by atoms with van der Waals surface area (Å²) in [5.74, 6) is 1.11. The minimum Gasteiger partial charge on any atom is -0.494 e. The van der Waals surface area contributed by atoms with E-state index in [1.807, 2.05) is 35.2 Å². The van der Waals surface area contributed by atoms with Gasteiger partial charge in [0.15, 0.2) is 5.11 Å². The number of methoxy groups -OCH3 is 1. The second-order valence-corrected chi connectivity index (χ2v) is 11.6. The van der Waals surface area contributed by atoms with Gasteiger partial charge < -0.3 is 19.4 Å². The first kappa shape index (κ1) is 26.1. The molecule has 38 heavy (non-hydrogen) atoms. The van der Waals surface area contributed by atoms with E-state index in [1.54, 1.807) is 30.5 Å². The van der Waals surface area contributed by atoms with E-state index in [1.165, 1.54) is 19.2 Å². The summed E-state index contributed by atoms with van der Waals surface area (Å²) in [6.45, 7) is 0. The van der Waals surface area contributed by atoms with E-state index < -0.39 is 16.1 Å². The molecule has 3 heterocycles. The molecule has 1 saturated heterocycles. The van der Waals surface area contributed by atoms with E-state index in [-0.39, 0.29) is 11.9 Å². The molecule has 0 saturated carbocycles. The standard InChI is InChI=1S/C26H22BrFN4O4S2/c1-35-23-14-16(7-9-19(23)31-38(2,33)34)32-25(24(30-26(32)37)20-5-3-4-12-29-20)22-11-10-21(36-22)17-8-6-15(28)13-18(17)27/h3-14,24-25,31H,1-2H3,(H,30,37)/t24-,25-/m1/s1. The van der Waals surface area contributed by atoms with Crippen LogP contribution in [-0.2, 0) is 10.0 Å². The molecule has 2 aromatic heterocycles. The number of nitrogens with one attached hydrogen (secondary N) is 2. The first-order chi connectivity index (χ1) is 18.1. The summed E-state index contributed by atoms with van der Waals surface area (Å²) in [5.41, 5.74) is 2.41. The molecule has 0 spiro atoms. The fourth-order valence-corrected chi connectivity index (χ4v) is 5.84. The summed E-state index contributed by atoms with van der Waals surface area (Å²) in [5, 5.41) is 3.78. The van der Waals surface area contributed by atoms with E-state index in [4.69, 9.17) is 21.4 Å². The van der Waals surface area contributed by atoms with Gasteiger partial charge in [-0.05, 0) is 82.7 Å². The molecule has 0 bridgehead atoms. The predicted octanol–water partition coefficient (Wildman–Crippen LogP) is 5.80. The van der Waals surface area contributed by atoms with Crippen molar-refractivity contribution in [2.75, 3.05) is 23.0 Å². The van der Waals surface area contributed by atoms with Crippen molar-refractivity contribution in [1.29, 1.82) is 0 Å². The number of thiocarbonyl (C=S) groups is 1. The normalized spacial score (nSPS) is 17.4. The van der Waals surface area contributed by atoms with Crippen molar-refractivity contribution in [2.24, 2.45) is 0 Å². The third-order valence-electron chi connectivity index (χ3n) is 5.97. The van der Waals surface area contributed by atoms with Gasteiger partial charge in [0.25, 0.3) is 0 Å². The Kier molecular flexibility index (Phi) is 7.12. The Balaban J connectivity index is 1.60. The molecule has 196 valence electrons. The van der Waals surface area contributed by atoms with Crippen molar-refractivity contribution < 1.29 is 22.0 Å². The number of sulfonamides is 1. The van der Waals surface area contributed by atoms with Gasteiger partial charge >= 0.3 is 0 Å². The van der Waals surface area contributed by atoms with Gasteiger partial charge in [0, 0.05) is 28.0 Å². The van der Waals surface area contributed by atoms with Crippen molar-refractivity contribution in [3.8, 4) is 17.1 Å². The Morgan fingerprint density at radius 1 is 1.16 bits per heavy atom. The first-order valence-corrected chi connectivity index (χ1v) is 14.5. The van der Waals surface area contributed by atoms with Crippen LogP contribution in [0, 0.1) is 5.82 Å². The number of nitrogens with zero attached hydrogens (tertiary/aromatic N) is 2. The van der Waals surface area contributed by atoms with Crippen LogP contribution in [0.4, 0.5) is 15.8 Å². The molecule has 1 aliphatic heterocycles. The molecule has 5 rings (SSSR count). The number of furan rings is 1. The van der Waals surface area contributed by atoms with E-state index in [2.05, 4.69) is 31.0 Å². The van der Waals surface area contributed by atoms with Crippen LogP contribution in [0.1, 0.15) is 23.5 Å². The van der Waals surface area contributed by atoms with Crippen molar-refractivity contribution in [2.45, 2.75) is 12.1 Å². The molecule has 2 atom stereocenters. The van der Waals surface area contributed by atoms with Gasteiger partial charge in [-0.3, -0.25) is 9.71 Å². The van der Waals surface area contributed by atoms with Gasteiger partial charge in [-0.15, -0.1) is 0 Å². The maximum absolute atomic E-state index is 13.7. The van der Waals surface area contributed by atoms with Gasteiger partial charge in [0.05, 0.1) is 30.8 Å². The third kappa shape index (κ3) is 5.24. The highest BCUT2D eigenvalue weighted by Gasteiger charge is 2.43. The Bertz CT molecular complexity index is 1610. The zero-order valence-corrected chi connectivity index (χ0v) is 23.4. The molecule has 12 heteroatoms.